The van der Waals surface area contributed by atoms with Crippen molar-refractivity contribution in [2.75, 3.05) is 5.75 Å². The molecule has 4 heteroatoms. The lowest BCUT2D eigenvalue weighted by Crippen LogP contribution is -2.39. The zero-order chi connectivity index (χ0) is 9.84. The topological polar surface area (TPSA) is 55.1 Å². The Bertz CT molecular complexity index is 186. The Morgan fingerprint density at radius 1 is 1.77 bits per heavy atom. The second kappa shape index (κ2) is 4.86. The molecule has 0 saturated carbocycles. The van der Waals surface area contributed by atoms with Crippen molar-refractivity contribution in [3.05, 3.63) is 0 Å². The van der Waals surface area contributed by atoms with Crippen LogP contribution < -0.4 is 11.1 Å². The Hall–Kier alpha value is -0.220. The van der Waals surface area contributed by atoms with Crippen LogP contribution in [0.5, 0.6) is 0 Å². The van der Waals surface area contributed by atoms with Crippen LogP contribution in [0.3, 0.4) is 0 Å². The van der Waals surface area contributed by atoms with E-state index in [-0.39, 0.29) is 11.9 Å². The molecule has 0 aliphatic carbocycles. The predicted molar refractivity (Wildman–Crippen MR) is 56.7 cm³/mol. The van der Waals surface area contributed by atoms with Gasteiger partial charge in [-0.25, -0.2) is 0 Å². The lowest BCUT2D eigenvalue weighted by Gasteiger charge is -2.17. The fourth-order valence-corrected chi connectivity index (χ4v) is 2.86. The van der Waals surface area contributed by atoms with Gasteiger partial charge in [0.25, 0.3) is 0 Å². The van der Waals surface area contributed by atoms with E-state index in [0.29, 0.717) is 12.5 Å². The Labute approximate surface area is 83.8 Å². The van der Waals surface area contributed by atoms with Crippen molar-refractivity contribution in [2.45, 2.75) is 44.0 Å². The molecule has 1 saturated heterocycles. The third-order valence-corrected chi connectivity index (χ3v) is 3.58. The first kappa shape index (κ1) is 10.9. The summed E-state index contributed by atoms with van der Waals surface area (Å²) in [6.07, 6.45) is 1.64. The number of nitrogens with two attached hydrogens (primary N) is 1. The lowest BCUT2D eigenvalue weighted by atomic mass is 10.1. The molecule has 0 aromatic rings. The Kier molecular flexibility index (Phi) is 4.06. The number of carbonyl (C=O) groups excluding carboxylic acids is 1. The second-order valence-corrected chi connectivity index (χ2v) is 5.29. The van der Waals surface area contributed by atoms with E-state index in [1.165, 1.54) is 6.42 Å². The van der Waals surface area contributed by atoms with Gasteiger partial charge >= 0.3 is 0 Å². The van der Waals surface area contributed by atoms with Crippen molar-refractivity contribution in [3.8, 4) is 0 Å². The van der Waals surface area contributed by atoms with Crippen LogP contribution in [-0.4, -0.2) is 29.0 Å². The number of nitrogens with one attached hydrogen (secondary N) is 1. The minimum Gasteiger partial charge on any atom is -0.370 e. The number of amides is 1. The normalized spacial score (nSPS) is 30.3. The highest BCUT2D eigenvalue weighted by Gasteiger charge is 2.23. The first-order valence-electron chi connectivity index (χ1n) is 4.74. The molecular weight excluding hydrogens is 184 g/mol. The molecule has 1 aliphatic heterocycles. The molecule has 1 fully saturated rings. The zero-order valence-electron chi connectivity index (χ0n) is 8.25. The van der Waals surface area contributed by atoms with Gasteiger partial charge < -0.3 is 11.1 Å². The van der Waals surface area contributed by atoms with E-state index in [4.69, 9.17) is 5.73 Å². The van der Waals surface area contributed by atoms with Gasteiger partial charge in [-0.05, 0) is 13.3 Å². The Balaban J connectivity index is 2.20. The first-order chi connectivity index (χ1) is 6.08. The molecular formula is C9H18N2OS. The Morgan fingerprint density at radius 3 is 2.92 bits per heavy atom. The fraction of sp³-hybridized carbons (Fsp3) is 0.889. The number of carbonyl (C=O) groups is 1. The molecule has 1 aliphatic rings. The van der Waals surface area contributed by atoms with Gasteiger partial charge in [0.05, 0.1) is 0 Å². The van der Waals surface area contributed by atoms with Gasteiger partial charge in [-0.3, -0.25) is 4.79 Å². The summed E-state index contributed by atoms with van der Waals surface area (Å²) < 4.78 is 0. The summed E-state index contributed by atoms with van der Waals surface area (Å²) in [5, 5.41) is 4.17. The molecule has 3 N–H and O–H groups in total. The van der Waals surface area contributed by atoms with Gasteiger partial charge in [-0.1, -0.05) is 6.92 Å². The lowest BCUT2D eigenvalue weighted by molar-refractivity contribution is -0.118. The van der Waals surface area contributed by atoms with E-state index in [1.54, 1.807) is 0 Å². The number of rotatable bonds is 4. The summed E-state index contributed by atoms with van der Waals surface area (Å²) in [6, 6.07) is 0.780. The van der Waals surface area contributed by atoms with Crippen LogP contribution in [0.25, 0.3) is 0 Å². The molecule has 76 valence electrons. The average molecular weight is 202 g/mol. The van der Waals surface area contributed by atoms with Crippen LogP contribution in [0.4, 0.5) is 0 Å². The quantitative estimate of drug-likeness (QED) is 0.707. The maximum absolute atomic E-state index is 10.6. The minimum absolute atomic E-state index is 0.216. The predicted octanol–water partition coefficient (Wildman–Crippen LogP) is 0.734. The van der Waals surface area contributed by atoms with Crippen LogP contribution in [-0.2, 0) is 4.79 Å². The molecule has 0 bridgehead atoms. The summed E-state index contributed by atoms with van der Waals surface area (Å²) in [4.78, 5) is 10.6. The van der Waals surface area contributed by atoms with Crippen LogP contribution in [0.1, 0.15) is 26.7 Å². The van der Waals surface area contributed by atoms with Gasteiger partial charge in [0, 0.05) is 29.5 Å². The van der Waals surface area contributed by atoms with Crippen molar-refractivity contribution in [1.82, 2.24) is 5.32 Å². The Morgan fingerprint density at radius 2 is 2.46 bits per heavy atom. The third-order valence-electron chi connectivity index (χ3n) is 2.23. The molecule has 3 unspecified atom stereocenters. The maximum atomic E-state index is 10.6. The van der Waals surface area contributed by atoms with Crippen LogP contribution in [0.15, 0.2) is 0 Å². The van der Waals surface area contributed by atoms with Gasteiger partial charge in [-0.15, -0.1) is 0 Å². The smallest absolute Gasteiger partial charge is 0.218 e. The second-order valence-electron chi connectivity index (χ2n) is 3.81. The molecule has 0 aromatic carbocycles. The summed E-state index contributed by atoms with van der Waals surface area (Å²) >= 11 is 1.99. The van der Waals surface area contributed by atoms with Crippen molar-refractivity contribution < 1.29 is 4.79 Å². The molecule has 1 rings (SSSR count). The molecule has 0 spiro atoms. The van der Waals surface area contributed by atoms with Gasteiger partial charge in [0.2, 0.25) is 5.91 Å². The minimum atomic E-state index is -0.223. The molecule has 0 aromatic heterocycles. The van der Waals surface area contributed by atoms with Crippen molar-refractivity contribution in [3.63, 3.8) is 0 Å². The van der Waals surface area contributed by atoms with Gasteiger partial charge in [0.15, 0.2) is 0 Å². The molecule has 1 amide bonds. The van der Waals surface area contributed by atoms with E-state index in [1.807, 2.05) is 18.7 Å². The molecule has 3 atom stereocenters. The maximum Gasteiger partial charge on any atom is 0.218 e. The van der Waals surface area contributed by atoms with E-state index >= 15 is 0 Å². The van der Waals surface area contributed by atoms with Crippen molar-refractivity contribution in [1.29, 1.82) is 0 Å². The summed E-state index contributed by atoms with van der Waals surface area (Å²) in [5.74, 6) is 0.934. The standard InChI is InChI=1S/C9H18N2OS/c1-6(3-9(10)12)11-8-4-7(2)13-5-8/h6-8,11H,3-5H2,1-2H3,(H2,10,12). The van der Waals surface area contributed by atoms with E-state index in [0.717, 1.165) is 11.0 Å². The number of thioether (sulfide) groups is 1. The highest BCUT2D eigenvalue weighted by molar-refractivity contribution is 8.00. The zero-order valence-corrected chi connectivity index (χ0v) is 9.06. The largest absolute Gasteiger partial charge is 0.370 e. The van der Waals surface area contributed by atoms with E-state index < -0.39 is 0 Å². The van der Waals surface area contributed by atoms with E-state index in [9.17, 15) is 4.79 Å². The van der Waals surface area contributed by atoms with Crippen LogP contribution in [0.2, 0.25) is 0 Å². The molecule has 1 heterocycles. The number of hydrogen-bond donors (Lipinski definition) is 2. The van der Waals surface area contributed by atoms with Gasteiger partial charge in [-0.2, -0.15) is 11.8 Å². The molecule has 13 heavy (non-hydrogen) atoms. The van der Waals surface area contributed by atoms with E-state index in [2.05, 4.69) is 12.2 Å². The van der Waals surface area contributed by atoms with Crippen LogP contribution >= 0.6 is 11.8 Å². The molecule has 3 nitrogen and oxygen atoms in total. The first-order valence-corrected chi connectivity index (χ1v) is 5.78. The van der Waals surface area contributed by atoms with Crippen molar-refractivity contribution in [2.24, 2.45) is 5.73 Å². The summed E-state index contributed by atoms with van der Waals surface area (Å²) in [7, 11) is 0. The fourth-order valence-electron chi connectivity index (χ4n) is 1.70. The number of primary amides is 1. The highest BCUT2D eigenvalue weighted by Crippen LogP contribution is 2.26. The summed E-state index contributed by atoms with van der Waals surface area (Å²) in [6.45, 7) is 4.25. The monoisotopic (exact) mass is 202 g/mol. The molecule has 0 radical (unpaired) electrons. The third kappa shape index (κ3) is 4.00. The number of hydrogen-bond acceptors (Lipinski definition) is 3. The SMILES string of the molecule is CC(CC(N)=O)NC1CSC(C)C1. The summed E-state index contributed by atoms with van der Waals surface area (Å²) in [5.41, 5.74) is 5.11. The average Bonchev–Trinajstić information content (AvgIpc) is 2.33. The van der Waals surface area contributed by atoms with Gasteiger partial charge in [0.1, 0.15) is 0 Å². The van der Waals surface area contributed by atoms with Crippen LogP contribution in [0, 0.1) is 0 Å². The van der Waals surface area contributed by atoms with Crippen molar-refractivity contribution >= 4 is 17.7 Å². The highest BCUT2D eigenvalue weighted by atomic mass is 32.2.